The Balaban J connectivity index is 1.62. The molecular formula is C19H16ClN5O2. The zero-order valence-corrected chi connectivity index (χ0v) is 15.2. The van der Waals surface area contributed by atoms with E-state index in [9.17, 15) is 9.59 Å². The predicted octanol–water partition coefficient (Wildman–Crippen LogP) is 3.31. The molecule has 0 radical (unpaired) electrons. The highest BCUT2D eigenvalue weighted by Gasteiger charge is 2.13. The second-order valence-corrected chi connectivity index (χ2v) is 6.43. The number of benzene rings is 2. The van der Waals surface area contributed by atoms with E-state index in [4.69, 9.17) is 11.6 Å². The van der Waals surface area contributed by atoms with E-state index in [0.717, 1.165) is 10.9 Å². The fraction of sp³-hybridized carbons (Fsp3) is 0.105. The predicted molar refractivity (Wildman–Crippen MR) is 106 cm³/mol. The van der Waals surface area contributed by atoms with Crippen LogP contribution in [-0.2, 0) is 6.54 Å². The molecule has 0 saturated carbocycles. The van der Waals surface area contributed by atoms with Crippen molar-refractivity contribution in [2.75, 3.05) is 5.43 Å². The summed E-state index contributed by atoms with van der Waals surface area (Å²) < 4.78 is 1.47. The first-order chi connectivity index (χ1) is 13.1. The van der Waals surface area contributed by atoms with Crippen LogP contribution in [0.2, 0.25) is 5.02 Å². The second kappa shape index (κ2) is 6.77. The number of H-pyrrole nitrogens is 1. The highest BCUT2D eigenvalue weighted by atomic mass is 35.5. The van der Waals surface area contributed by atoms with Crippen LogP contribution in [0.5, 0.6) is 0 Å². The molecule has 0 spiro atoms. The lowest BCUT2D eigenvalue weighted by Gasteiger charge is -2.13. The van der Waals surface area contributed by atoms with E-state index in [0.29, 0.717) is 28.2 Å². The number of aromatic amines is 1. The number of anilines is 1. The van der Waals surface area contributed by atoms with Crippen LogP contribution in [0.3, 0.4) is 0 Å². The third-order valence-corrected chi connectivity index (χ3v) is 4.53. The lowest BCUT2D eigenvalue weighted by atomic mass is 10.2. The van der Waals surface area contributed by atoms with Gasteiger partial charge in [0.25, 0.3) is 11.5 Å². The fourth-order valence-electron chi connectivity index (χ4n) is 2.96. The minimum absolute atomic E-state index is 0.167. The SMILES string of the molecule is CCn1c(NNC(=O)c2cc3ccc(Cl)cc3[nH]2)nc2ccccc2c1=O. The van der Waals surface area contributed by atoms with Gasteiger partial charge in [0.15, 0.2) is 0 Å². The summed E-state index contributed by atoms with van der Waals surface area (Å²) in [6.45, 7) is 2.26. The highest BCUT2D eigenvalue weighted by Crippen LogP contribution is 2.20. The number of hydrogen-bond donors (Lipinski definition) is 3. The average molecular weight is 382 g/mol. The molecule has 3 N–H and O–H groups in total. The Bertz CT molecular complexity index is 1230. The summed E-state index contributed by atoms with van der Waals surface area (Å²) in [7, 11) is 0. The largest absolute Gasteiger partial charge is 0.350 e. The van der Waals surface area contributed by atoms with Crippen molar-refractivity contribution in [1.82, 2.24) is 20.0 Å². The number of halogens is 1. The van der Waals surface area contributed by atoms with Gasteiger partial charge in [0, 0.05) is 22.5 Å². The van der Waals surface area contributed by atoms with Gasteiger partial charge in [0.1, 0.15) is 5.69 Å². The van der Waals surface area contributed by atoms with Gasteiger partial charge in [-0.05, 0) is 37.3 Å². The topological polar surface area (TPSA) is 91.8 Å². The normalized spacial score (nSPS) is 11.0. The molecule has 27 heavy (non-hydrogen) atoms. The average Bonchev–Trinajstić information content (AvgIpc) is 3.09. The van der Waals surface area contributed by atoms with Crippen molar-refractivity contribution in [3.63, 3.8) is 0 Å². The van der Waals surface area contributed by atoms with Crippen molar-refractivity contribution in [3.8, 4) is 0 Å². The minimum Gasteiger partial charge on any atom is -0.350 e. The Hall–Kier alpha value is -3.32. The lowest BCUT2D eigenvalue weighted by molar-refractivity contribution is 0.0958. The Morgan fingerprint density at radius 2 is 2.04 bits per heavy atom. The van der Waals surface area contributed by atoms with E-state index in [1.165, 1.54) is 4.57 Å². The number of nitrogens with one attached hydrogen (secondary N) is 3. The zero-order chi connectivity index (χ0) is 19.0. The van der Waals surface area contributed by atoms with Crippen LogP contribution in [0.15, 0.2) is 53.3 Å². The molecule has 0 atom stereocenters. The number of fused-ring (bicyclic) bond motifs is 2. The summed E-state index contributed by atoms with van der Waals surface area (Å²) in [5, 5.41) is 1.99. The Labute approximate surface area is 159 Å². The summed E-state index contributed by atoms with van der Waals surface area (Å²) >= 11 is 5.97. The number of hydrazine groups is 1. The Morgan fingerprint density at radius 3 is 2.85 bits per heavy atom. The quantitative estimate of drug-likeness (QED) is 0.473. The molecule has 0 aliphatic heterocycles. The van der Waals surface area contributed by atoms with Crippen LogP contribution in [0.25, 0.3) is 21.8 Å². The van der Waals surface area contributed by atoms with Gasteiger partial charge in [-0.2, -0.15) is 0 Å². The maximum absolute atomic E-state index is 12.6. The van der Waals surface area contributed by atoms with Crippen LogP contribution < -0.4 is 16.4 Å². The molecule has 0 aliphatic carbocycles. The highest BCUT2D eigenvalue weighted by molar-refractivity contribution is 6.31. The number of hydrogen-bond acceptors (Lipinski definition) is 4. The number of amides is 1. The molecule has 0 aliphatic rings. The van der Waals surface area contributed by atoms with Crippen LogP contribution in [0.4, 0.5) is 5.95 Å². The molecule has 2 aromatic carbocycles. The third-order valence-electron chi connectivity index (χ3n) is 4.29. The fourth-order valence-corrected chi connectivity index (χ4v) is 3.13. The summed E-state index contributed by atoms with van der Waals surface area (Å²) in [4.78, 5) is 32.5. The molecule has 1 amide bonds. The van der Waals surface area contributed by atoms with Crippen LogP contribution in [0.1, 0.15) is 17.4 Å². The van der Waals surface area contributed by atoms with E-state index >= 15 is 0 Å². The van der Waals surface area contributed by atoms with Crippen molar-refractivity contribution >= 4 is 45.3 Å². The molecular weight excluding hydrogens is 366 g/mol. The Morgan fingerprint density at radius 1 is 1.22 bits per heavy atom. The van der Waals surface area contributed by atoms with Gasteiger partial charge in [-0.1, -0.05) is 29.8 Å². The number of nitrogens with zero attached hydrogens (tertiary/aromatic N) is 2. The van der Waals surface area contributed by atoms with Crippen molar-refractivity contribution in [2.24, 2.45) is 0 Å². The van der Waals surface area contributed by atoms with E-state index in [1.54, 1.807) is 36.4 Å². The van der Waals surface area contributed by atoms with E-state index in [-0.39, 0.29) is 17.4 Å². The standard InChI is InChI=1S/C19H16ClN5O2/c1-2-25-18(27)13-5-3-4-6-14(13)22-19(25)24-23-17(26)16-9-11-7-8-12(20)10-15(11)21-16/h3-10,21H,2H2,1H3,(H,22,24)(H,23,26). The first-order valence-corrected chi connectivity index (χ1v) is 8.79. The lowest BCUT2D eigenvalue weighted by Crippen LogP contribution is -2.34. The minimum atomic E-state index is -0.382. The maximum Gasteiger partial charge on any atom is 0.286 e. The number of carbonyl (C=O) groups excluding carboxylic acids is 1. The van der Waals surface area contributed by atoms with Gasteiger partial charge in [0.05, 0.1) is 10.9 Å². The number of rotatable bonds is 4. The van der Waals surface area contributed by atoms with Crippen molar-refractivity contribution in [1.29, 1.82) is 0 Å². The second-order valence-electron chi connectivity index (χ2n) is 6.00. The van der Waals surface area contributed by atoms with Gasteiger partial charge in [-0.3, -0.25) is 25.0 Å². The van der Waals surface area contributed by atoms with E-state index in [2.05, 4.69) is 20.8 Å². The summed E-state index contributed by atoms with van der Waals surface area (Å²) in [6.07, 6.45) is 0. The van der Waals surface area contributed by atoms with Crippen LogP contribution >= 0.6 is 11.6 Å². The molecule has 2 heterocycles. The molecule has 0 bridgehead atoms. The first-order valence-electron chi connectivity index (χ1n) is 8.41. The monoisotopic (exact) mass is 381 g/mol. The molecule has 8 heteroatoms. The third kappa shape index (κ3) is 3.13. The molecule has 4 rings (SSSR count). The first kappa shape index (κ1) is 17.1. The number of carbonyl (C=O) groups is 1. The molecule has 0 fully saturated rings. The molecule has 2 aromatic heterocycles. The van der Waals surface area contributed by atoms with Gasteiger partial charge in [0.2, 0.25) is 5.95 Å². The summed E-state index contributed by atoms with van der Waals surface area (Å²) in [5.41, 5.74) is 6.86. The number of para-hydroxylation sites is 1. The van der Waals surface area contributed by atoms with Gasteiger partial charge < -0.3 is 4.98 Å². The summed E-state index contributed by atoms with van der Waals surface area (Å²) in [6, 6.07) is 14.2. The molecule has 0 unspecified atom stereocenters. The van der Waals surface area contributed by atoms with Gasteiger partial charge >= 0.3 is 0 Å². The van der Waals surface area contributed by atoms with Crippen molar-refractivity contribution in [3.05, 3.63) is 69.6 Å². The van der Waals surface area contributed by atoms with E-state index in [1.807, 2.05) is 19.1 Å². The Kier molecular flexibility index (Phi) is 4.29. The van der Waals surface area contributed by atoms with E-state index < -0.39 is 0 Å². The van der Waals surface area contributed by atoms with Crippen molar-refractivity contribution < 1.29 is 4.79 Å². The number of aromatic nitrogens is 3. The van der Waals surface area contributed by atoms with Gasteiger partial charge in [-0.15, -0.1) is 0 Å². The van der Waals surface area contributed by atoms with Gasteiger partial charge in [-0.25, -0.2) is 4.98 Å². The van der Waals surface area contributed by atoms with Crippen molar-refractivity contribution in [2.45, 2.75) is 13.5 Å². The molecule has 7 nitrogen and oxygen atoms in total. The maximum atomic E-state index is 12.6. The molecule has 0 saturated heterocycles. The smallest absolute Gasteiger partial charge is 0.286 e. The summed E-state index contributed by atoms with van der Waals surface area (Å²) in [5.74, 6) is -0.110. The molecule has 136 valence electrons. The van der Waals surface area contributed by atoms with Crippen LogP contribution in [-0.4, -0.2) is 20.4 Å². The zero-order valence-electron chi connectivity index (χ0n) is 14.4. The molecule has 4 aromatic rings. The van der Waals surface area contributed by atoms with Crippen LogP contribution in [0, 0.1) is 0 Å².